The van der Waals surface area contributed by atoms with Crippen LogP contribution in [-0.4, -0.2) is 54.6 Å². The van der Waals surface area contributed by atoms with Gasteiger partial charge in [0.25, 0.3) is 0 Å². The van der Waals surface area contributed by atoms with E-state index in [2.05, 4.69) is 10.4 Å². The van der Waals surface area contributed by atoms with Gasteiger partial charge in [-0.25, -0.2) is 8.42 Å². The van der Waals surface area contributed by atoms with Gasteiger partial charge in [-0.1, -0.05) is 0 Å². The van der Waals surface area contributed by atoms with Gasteiger partial charge in [0.15, 0.2) is 0 Å². The molecule has 1 saturated heterocycles. The largest absolute Gasteiger partial charge is 0.355 e. The molecule has 0 spiro atoms. The zero-order valence-electron chi connectivity index (χ0n) is 13.9. The maximum atomic E-state index is 12.9. The summed E-state index contributed by atoms with van der Waals surface area (Å²) < 4.78 is 28.9. The lowest BCUT2D eigenvalue weighted by Crippen LogP contribution is -2.46. The van der Waals surface area contributed by atoms with Crippen molar-refractivity contribution < 1.29 is 13.2 Å². The SMILES string of the molecule is Cc1nn(C)c(C)c1S(=O)(=O)N1CCCC(C(=O)NCCN)C1. The third kappa shape index (κ3) is 3.56. The molecule has 1 aromatic rings. The number of hydrogen-bond acceptors (Lipinski definition) is 5. The highest BCUT2D eigenvalue weighted by Crippen LogP contribution is 2.27. The lowest BCUT2D eigenvalue weighted by Gasteiger charge is -2.31. The summed E-state index contributed by atoms with van der Waals surface area (Å²) >= 11 is 0. The first kappa shape index (κ1) is 17.9. The number of hydrogen-bond donors (Lipinski definition) is 2. The zero-order chi connectivity index (χ0) is 17.2. The fourth-order valence-corrected chi connectivity index (χ4v) is 4.89. The standard InChI is InChI=1S/C14H25N5O3S/c1-10-13(11(2)18(3)17-10)23(21,22)19-8-4-5-12(9-19)14(20)16-7-6-15/h12H,4-9,15H2,1-3H3,(H,16,20). The average molecular weight is 343 g/mol. The second kappa shape index (κ2) is 6.98. The molecule has 0 bridgehead atoms. The number of aromatic nitrogens is 2. The zero-order valence-corrected chi connectivity index (χ0v) is 14.7. The Kier molecular flexibility index (Phi) is 5.43. The van der Waals surface area contributed by atoms with Crippen LogP contribution in [0.4, 0.5) is 0 Å². The van der Waals surface area contributed by atoms with Gasteiger partial charge in [0.1, 0.15) is 4.90 Å². The Balaban J connectivity index is 2.21. The Morgan fingerprint density at radius 1 is 1.43 bits per heavy atom. The van der Waals surface area contributed by atoms with Crippen LogP contribution in [0.25, 0.3) is 0 Å². The number of carbonyl (C=O) groups is 1. The summed E-state index contributed by atoms with van der Waals surface area (Å²) in [7, 11) is -1.92. The Morgan fingerprint density at radius 3 is 2.70 bits per heavy atom. The number of rotatable bonds is 5. The average Bonchev–Trinajstić information content (AvgIpc) is 2.78. The van der Waals surface area contributed by atoms with Crippen LogP contribution < -0.4 is 11.1 Å². The molecule has 130 valence electrons. The number of nitrogens with zero attached hydrogens (tertiary/aromatic N) is 3. The van der Waals surface area contributed by atoms with E-state index in [0.717, 1.165) is 0 Å². The van der Waals surface area contributed by atoms with E-state index in [9.17, 15) is 13.2 Å². The van der Waals surface area contributed by atoms with E-state index < -0.39 is 10.0 Å². The van der Waals surface area contributed by atoms with Crippen LogP contribution in [-0.2, 0) is 21.9 Å². The molecular weight excluding hydrogens is 318 g/mol. The Bertz CT molecular complexity index is 683. The fraction of sp³-hybridized carbons (Fsp3) is 0.714. The van der Waals surface area contributed by atoms with Gasteiger partial charge in [-0.2, -0.15) is 9.40 Å². The maximum Gasteiger partial charge on any atom is 0.246 e. The molecule has 0 saturated carbocycles. The van der Waals surface area contributed by atoms with E-state index >= 15 is 0 Å². The first-order valence-corrected chi connectivity index (χ1v) is 9.21. The van der Waals surface area contributed by atoms with Gasteiger partial charge in [0.2, 0.25) is 15.9 Å². The quantitative estimate of drug-likeness (QED) is 0.750. The smallest absolute Gasteiger partial charge is 0.246 e. The highest BCUT2D eigenvalue weighted by molar-refractivity contribution is 7.89. The number of piperidine rings is 1. The van der Waals surface area contributed by atoms with E-state index in [1.807, 2.05) is 0 Å². The summed E-state index contributed by atoms with van der Waals surface area (Å²) in [5.74, 6) is -0.461. The molecule has 3 N–H and O–H groups in total. The molecule has 8 nitrogen and oxygen atoms in total. The highest BCUT2D eigenvalue weighted by atomic mass is 32.2. The van der Waals surface area contributed by atoms with E-state index in [0.29, 0.717) is 43.9 Å². The van der Waals surface area contributed by atoms with Crippen LogP contribution in [0.3, 0.4) is 0 Å². The summed E-state index contributed by atoms with van der Waals surface area (Å²) in [6.07, 6.45) is 1.35. The number of aryl methyl sites for hydroxylation is 2. The van der Waals surface area contributed by atoms with Crippen molar-refractivity contribution in [1.82, 2.24) is 19.4 Å². The number of amides is 1. The lowest BCUT2D eigenvalue weighted by molar-refractivity contribution is -0.126. The van der Waals surface area contributed by atoms with E-state index in [1.54, 1.807) is 25.6 Å². The summed E-state index contributed by atoms with van der Waals surface area (Å²) in [5.41, 5.74) is 6.48. The van der Waals surface area contributed by atoms with E-state index in [1.165, 1.54) is 4.31 Å². The second-order valence-corrected chi connectivity index (χ2v) is 7.78. The molecule has 1 aliphatic heterocycles. The molecule has 1 fully saturated rings. The van der Waals surface area contributed by atoms with Gasteiger partial charge in [0, 0.05) is 33.2 Å². The molecule has 23 heavy (non-hydrogen) atoms. The molecule has 1 amide bonds. The van der Waals surface area contributed by atoms with Gasteiger partial charge >= 0.3 is 0 Å². The number of nitrogens with two attached hydrogens (primary N) is 1. The van der Waals surface area contributed by atoms with Crippen molar-refractivity contribution in [2.75, 3.05) is 26.2 Å². The second-order valence-electron chi connectivity index (χ2n) is 5.91. The van der Waals surface area contributed by atoms with Gasteiger partial charge in [-0.05, 0) is 26.7 Å². The van der Waals surface area contributed by atoms with Crippen molar-refractivity contribution in [2.24, 2.45) is 18.7 Å². The van der Waals surface area contributed by atoms with Crippen molar-refractivity contribution >= 4 is 15.9 Å². The third-order valence-electron chi connectivity index (χ3n) is 4.24. The molecule has 9 heteroatoms. The monoisotopic (exact) mass is 343 g/mol. The van der Waals surface area contributed by atoms with Crippen molar-refractivity contribution in [2.45, 2.75) is 31.6 Å². The maximum absolute atomic E-state index is 12.9. The van der Waals surface area contributed by atoms with Crippen LogP contribution in [0.5, 0.6) is 0 Å². The van der Waals surface area contributed by atoms with Gasteiger partial charge in [-0.3, -0.25) is 9.48 Å². The summed E-state index contributed by atoms with van der Waals surface area (Å²) in [4.78, 5) is 12.4. The molecule has 0 radical (unpaired) electrons. The molecule has 2 heterocycles. The van der Waals surface area contributed by atoms with Gasteiger partial charge in [0.05, 0.1) is 17.3 Å². The van der Waals surface area contributed by atoms with Gasteiger partial charge in [-0.15, -0.1) is 0 Å². The number of carbonyl (C=O) groups excluding carboxylic acids is 1. The molecule has 1 unspecified atom stereocenters. The minimum atomic E-state index is -3.64. The van der Waals surface area contributed by atoms with Crippen LogP contribution in [0.15, 0.2) is 4.90 Å². The summed E-state index contributed by atoms with van der Waals surface area (Å²) in [6, 6.07) is 0. The molecule has 2 rings (SSSR count). The summed E-state index contributed by atoms with van der Waals surface area (Å²) in [6.45, 7) is 4.83. The minimum Gasteiger partial charge on any atom is -0.355 e. The molecule has 1 atom stereocenters. The Morgan fingerprint density at radius 2 is 2.13 bits per heavy atom. The number of nitrogens with one attached hydrogen (secondary N) is 1. The molecule has 0 aromatic carbocycles. The van der Waals surface area contributed by atoms with E-state index in [4.69, 9.17) is 5.73 Å². The summed E-state index contributed by atoms with van der Waals surface area (Å²) in [5, 5.41) is 6.92. The van der Waals surface area contributed by atoms with Crippen LogP contribution in [0, 0.1) is 19.8 Å². The van der Waals surface area contributed by atoms with Crippen molar-refractivity contribution in [1.29, 1.82) is 0 Å². The first-order valence-electron chi connectivity index (χ1n) is 7.77. The number of sulfonamides is 1. The fourth-order valence-electron chi connectivity index (χ4n) is 2.97. The van der Waals surface area contributed by atoms with Gasteiger partial charge < -0.3 is 11.1 Å². The molecule has 1 aliphatic rings. The highest BCUT2D eigenvalue weighted by Gasteiger charge is 2.36. The Labute approximate surface area is 137 Å². The third-order valence-corrected chi connectivity index (χ3v) is 6.36. The van der Waals surface area contributed by atoms with E-state index in [-0.39, 0.29) is 23.3 Å². The predicted octanol–water partition coefficient (Wildman–Crippen LogP) is -0.487. The lowest BCUT2D eigenvalue weighted by atomic mass is 9.99. The molecule has 1 aromatic heterocycles. The molecule has 0 aliphatic carbocycles. The first-order chi connectivity index (χ1) is 10.8. The topological polar surface area (TPSA) is 110 Å². The molecular formula is C14H25N5O3S. The van der Waals surface area contributed by atoms with Crippen molar-refractivity contribution in [3.63, 3.8) is 0 Å². The Hall–Kier alpha value is -1.45. The van der Waals surface area contributed by atoms with Crippen LogP contribution >= 0.6 is 0 Å². The van der Waals surface area contributed by atoms with Crippen LogP contribution in [0.2, 0.25) is 0 Å². The predicted molar refractivity (Wildman–Crippen MR) is 86.2 cm³/mol. The van der Waals surface area contributed by atoms with Crippen molar-refractivity contribution in [3.05, 3.63) is 11.4 Å². The van der Waals surface area contributed by atoms with Crippen LogP contribution in [0.1, 0.15) is 24.2 Å². The minimum absolute atomic E-state index is 0.130. The van der Waals surface area contributed by atoms with Crippen molar-refractivity contribution in [3.8, 4) is 0 Å². The normalized spacial score (nSPS) is 19.7.